The van der Waals surface area contributed by atoms with E-state index in [9.17, 15) is 17.6 Å². The lowest BCUT2D eigenvalue weighted by Crippen LogP contribution is -2.52. The molecule has 2 aromatic carbocycles. The number of hydrogen-bond donors (Lipinski definition) is 0. The van der Waals surface area contributed by atoms with Gasteiger partial charge < -0.3 is 9.80 Å². The standard InChI is InChI=1S/C20H24FN3O3S/c1-2-24(28(26,27)17-8-4-3-5-9-17)16-20(25)23-14-12-22(13-15-23)19-11-7-6-10-18(19)21/h3-11H,2,12-16H2,1H3. The van der Waals surface area contributed by atoms with Crippen LogP contribution in [0.25, 0.3) is 0 Å². The number of halogens is 1. The first-order chi connectivity index (χ1) is 13.4. The van der Waals surface area contributed by atoms with Gasteiger partial charge in [0.25, 0.3) is 0 Å². The molecule has 0 aromatic heterocycles. The van der Waals surface area contributed by atoms with Crippen LogP contribution in [0.15, 0.2) is 59.5 Å². The number of para-hydroxylation sites is 1. The summed E-state index contributed by atoms with van der Waals surface area (Å²) in [6.45, 7) is 3.58. The van der Waals surface area contributed by atoms with Crippen LogP contribution in [-0.4, -0.2) is 62.8 Å². The molecule has 0 atom stereocenters. The Balaban J connectivity index is 1.63. The summed E-state index contributed by atoms with van der Waals surface area (Å²) < 4.78 is 40.7. The highest BCUT2D eigenvalue weighted by Gasteiger charge is 2.29. The van der Waals surface area contributed by atoms with Gasteiger partial charge in [-0.15, -0.1) is 0 Å². The third-order valence-electron chi connectivity index (χ3n) is 4.87. The minimum absolute atomic E-state index is 0.175. The second-order valence-corrected chi connectivity index (χ2v) is 8.50. The fourth-order valence-corrected chi connectivity index (χ4v) is 4.68. The largest absolute Gasteiger partial charge is 0.366 e. The lowest BCUT2D eigenvalue weighted by molar-refractivity contribution is -0.131. The van der Waals surface area contributed by atoms with Crippen LogP contribution >= 0.6 is 0 Å². The van der Waals surface area contributed by atoms with Crippen molar-refractivity contribution >= 4 is 21.6 Å². The van der Waals surface area contributed by atoms with Gasteiger partial charge in [-0.05, 0) is 24.3 Å². The lowest BCUT2D eigenvalue weighted by atomic mass is 10.2. The molecule has 1 aliphatic heterocycles. The fourth-order valence-electron chi connectivity index (χ4n) is 3.26. The van der Waals surface area contributed by atoms with Crippen molar-refractivity contribution in [1.82, 2.24) is 9.21 Å². The first kappa shape index (κ1) is 20.3. The van der Waals surface area contributed by atoms with Crippen LogP contribution in [0.4, 0.5) is 10.1 Å². The summed E-state index contributed by atoms with van der Waals surface area (Å²) in [6, 6.07) is 14.7. The second kappa shape index (κ2) is 8.70. The molecule has 8 heteroatoms. The van der Waals surface area contributed by atoms with E-state index in [4.69, 9.17) is 0 Å². The van der Waals surface area contributed by atoms with Crippen molar-refractivity contribution in [2.24, 2.45) is 0 Å². The van der Waals surface area contributed by atoms with Crippen molar-refractivity contribution in [3.05, 3.63) is 60.4 Å². The van der Waals surface area contributed by atoms with E-state index >= 15 is 0 Å². The average Bonchev–Trinajstić information content (AvgIpc) is 2.73. The maximum absolute atomic E-state index is 13.9. The Labute approximate surface area is 165 Å². The highest BCUT2D eigenvalue weighted by atomic mass is 32.2. The Bertz CT molecular complexity index is 913. The van der Waals surface area contributed by atoms with Gasteiger partial charge in [0, 0.05) is 32.7 Å². The molecule has 28 heavy (non-hydrogen) atoms. The zero-order chi connectivity index (χ0) is 20.1. The molecule has 6 nitrogen and oxygen atoms in total. The number of rotatable bonds is 6. The third kappa shape index (κ3) is 4.34. The number of benzene rings is 2. The number of piperazine rings is 1. The molecule has 0 radical (unpaired) electrons. The summed E-state index contributed by atoms with van der Waals surface area (Å²) in [5.41, 5.74) is 0.524. The number of sulfonamides is 1. The summed E-state index contributed by atoms with van der Waals surface area (Å²) >= 11 is 0. The smallest absolute Gasteiger partial charge is 0.243 e. The number of hydrogen-bond acceptors (Lipinski definition) is 4. The summed E-state index contributed by atoms with van der Waals surface area (Å²) in [6.07, 6.45) is 0. The van der Waals surface area contributed by atoms with Gasteiger partial charge in [0.2, 0.25) is 15.9 Å². The predicted octanol–water partition coefficient (Wildman–Crippen LogP) is 2.19. The van der Waals surface area contributed by atoms with Crippen molar-refractivity contribution in [3.8, 4) is 0 Å². The van der Waals surface area contributed by atoms with Crippen molar-refractivity contribution < 1.29 is 17.6 Å². The maximum Gasteiger partial charge on any atom is 0.243 e. The molecular formula is C20H24FN3O3S. The van der Waals surface area contributed by atoms with Gasteiger partial charge in [-0.25, -0.2) is 12.8 Å². The van der Waals surface area contributed by atoms with Crippen LogP contribution in [0.5, 0.6) is 0 Å². The van der Waals surface area contributed by atoms with E-state index in [1.165, 1.54) is 22.5 Å². The van der Waals surface area contributed by atoms with Crippen molar-refractivity contribution in [1.29, 1.82) is 0 Å². The molecule has 0 bridgehead atoms. The Hall–Kier alpha value is -2.45. The summed E-state index contributed by atoms with van der Waals surface area (Å²) in [5.74, 6) is -0.525. The summed E-state index contributed by atoms with van der Waals surface area (Å²) in [7, 11) is -3.72. The van der Waals surface area contributed by atoms with Crippen LogP contribution in [-0.2, 0) is 14.8 Å². The minimum atomic E-state index is -3.72. The quantitative estimate of drug-likeness (QED) is 0.739. The van der Waals surface area contributed by atoms with E-state index in [2.05, 4.69) is 0 Å². The summed E-state index contributed by atoms with van der Waals surface area (Å²) in [4.78, 5) is 16.4. The van der Waals surface area contributed by atoms with Crippen molar-refractivity contribution in [2.75, 3.05) is 44.2 Å². The van der Waals surface area contributed by atoms with E-state index < -0.39 is 10.0 Å². The van der Waals surface area contributed by atoms with E-state index in [0.29, 0.717) is 31.9 Å². The van der Waals surface area contributed by atoms with Gasteiger partial charge in [0.15, 0.2) is 0 Å². The number of likely N-dealkylation sites (N-methyl/N-ethyl adjacent to an activating group) is 1. The molecule has 0 unspecified atom stereocenters. The van der Waals surface area contributed by atoms with Crippen LogP contribution in [0.3, 0.4) is 0 Å². The molecule has 1 saturated heterocycles. The zero-order valence-electron chi connectivity index (χ0n) is 15.8. The van der Waals surface area contributed by atoms with Crippen LogP contribution in [0, 0.1) is 5.82 Å². The van der Waals surface area contributed by atoms with E-state index in [-0.39, 0.29) is 29.7 Å². The first-order valence-corrected chi connectivity index (χ1v) is 10.7. The van der Waals surface area contributed by atoms with Crippen LogP contribution < -0.4 is 4.90 Å². The fraction of sp³-hybridized carbons (Fsp3) is 0.350. The van der Waals surface area contributed by atoms with Crippen LogP contribution in [0.2, 0.25) is 0 Å². The molecule has 1 heterocycles. The molecule has 1 aliphatic rings. The molecular weight excluding hydrogens is 381 g/mol. The predicted molar refractivity (Wildman–Crippen MR) is 106 cm³/mol. The Morgan fingerprint density at radius 1 is 1.00 bits per heavy atom. The number of amides is 1. The second-order valence-electron chi connectivity index (χ2n) is 6.56. The molecule has 0 aliphatic carbocycles. The Morgan fingerprint density at radius 3 is 2.21 bits per heavy atom. The molecule has 0 spiro atoms. The highest BCUT2D eigenvalue weighted by Crippen LogP contribution is 2.20. The molecule has 1 fully saturated rings. The van der Waals surface area contributed by atoms with Crippen LogP contribution in [0.1, 0.15) is 6.92 Å². The van der Waals surface area contributed by atoms with Gasteiger partial charge in [-0.1, -0.05) is 37.3 Å². The van der Waals surface area contributed by atoms with E-state index in [1.54, 1.807) is 48.2 Å². The summed E-state index contributed by atoms with van der Waals surface area (Å²) in [5, 5.41) is 0. The molecule has 150 valence electrons. The number of carbonyl (C=O) groups excluding carboxylic acids is 1. The van der Waals surface area contributed by atoms with Gasteiger partial charge >= 0.3 is 0 Å². The molecule has 2 aromatic rings. The van der Waals surface area contributed by atoms with Gasteiger partial charge in [0.05, 0.1) is 17.1 Å². The number of carbonyl (C=O) groups is 1. The number of anilines is 1. The van der Waals surface area contributed by atoms with Crippen molar-refractivity contribution in [2.45, 2.75) is 11.8 Å². The third-order valence-corrected chi connectivity index (χ3v) is 6.81. The lowest BCUT2D eigenvalue weighted by Gasteiger charge is -2.37. The van der Waals surface area contributed by atoms with E-state index in [1.807, 2.05) is 4.90 Å². The molecule has 3 rings (SSSR count). The molecule has 0 N–H and O–H groups in total. The number of nitrogens with zero attached hydrogens (tertiary/aromatic N) is 3. The molecule has 1 amide bonds. The van der Waals surface area contributed by atoms with Gasteiger partial charge in [-0.2, -0.15) is 4.31 Å². The Morgan fingerprint density at radius 2 is 1.61 bits per heavy atom. The first-order valence-electron chi connectivity index (χ1n) is 9.26. The topological polar surface area (TPSA) is 60.9 Å². The maximum atomic E-state index is 13.9. The highest BCUT2D eigenvalue weighted by molar-refractivity contribution is 7.89. The SMILES string of the molecule is CCN(CC(=O)N1CCN(c2ccccc2F)CC1)S(=O)(=O)c1ccccc1. The van der Waals surface area contributed by atoms with Gasteiger partial charge in [0.1, 0.15) is 5.82 Å². The van der Waals surface area contributed by atoms with Gasteiger partial charge in [-0.3, -0.25) is 4.79 Å². The minimum Gasteiger partial charge on any atom is -0.366 e. The Kier molecular flexibility index (Phi) is 6.31. The monoisotopic (exact) mass is 405 g/mol. The molecule has 0 saturated carbocycles. The normalized spacial score (nSPS) is 15.1. The zero-order valence-corrected chi connectivity index (χ0v) is 16.6. The van der Waals surface area contributed by atoms with Crippen molar-refractivity contribution in [3.63, 3.8) is 0 Å². The van der Waals surface area contributed by atoms with E-state index in [0.717, 1.165) is 0 Å². The average molecular weight is 405 g/mol.